The minimum Gasteiger partial charge on any atom is -0.496 e. The van der Waals surface area contributed by atoms with E-state index in [1.165, 1.54) is 16.8 Å². The van der Waals surface area contributed by atoms with E-state index in [0.29, 0.717) is 55.6 Å². The highest BCUT2D eigenvalue weighted by Crippen LogP contribution is 2.36. The zero-order valence-electron chi connectivity index (χ0n) is 26.0. The lowest BCUT2D eigenvalue weighted by Gasteiger charge is -2.48. The Labute approximate surface area is 263 Å². The number of hydrogen-bond acceptors (Lipinski definition) is 11. The molecule has 45 heavy (non-hydrogen) atoms. The number of ether oxygens (including phenoxy) is 1. The molecule has 6 rings (SSSR count). The summed E-state index contributed by atoms with van der Waals surface area (Å²) in [6.07, 6.45) is 8.99. The van der Waals surface area contributed by atoms with Gasteiger partial charge in [0.25, 0.3) is 0 Å². The van der Waals surface area contributed by atoms with Crippen molar-refractivity contribution in [2.24, 2.45) is 5.92 Å². The Morgan fingerprint density at radius 3 is 2.47 bits per heavy atom. The predicted octanol–water partition coefficient (Wildman–Crippen LogP) is 2.90. The fraction of sp³-hybridized carbons (Fsp3) is 0.467. The zero-order valence-corrected chi connectivity index (χ0v) is 27.6. The number of sulfone groups is 1. The molecule has 0 aromatic carbocycles. The van der Waals surface area contributed by atoms with Crippen LogP contribution in [0.2, 0.25) is 0 Å². The Kier molecular flexibility index (Phi) is 8.20. The van der Waals surface area contributed by atoms with E-state index in [-0.39, 0.29) is 23.8 Å². The predicted molar refractivity (Wildman–Crippen MR) is 174 cm³/mol. The molecule has 13 nitrogen and oxygen atoms in total. The summed E-state index contributed by atoms with van der Waals surface area (Å²) in [6.45, 7) is 5.47. The Bertz CT molecular complexity index is 1960. The van der Waals surface area contributed by atoms with Crippen molar-refractivity contribution in [3.8, 4) is 22.8 Å². The second kappa shape index (κ2) is 11.8. The van der Waals surface area contributed by atoms with Gasteiger partial charge in [-0.1, -0.05) is 0 Å². The van der Waals surface area contributed by atoms with Crippen LogP contribution in [0.15, 0.2) is 42.9 Å². The summed E-state index contributed by atoms with van der Waals surface area (Å²) in [6, 6.07) is 7.75. The molecule has 2 aliphatic rings. The standard InChI is InChI=1S/C30H38N8O5S2/c1-19-24-16-32-38(27(24)14-26(33-19)25-15-31-9-6-28(25)43-3)30-13-23(37-17-21(20(37)2)18-44(4,39)40)12-29(35-30)34-22-7-10-36(11-8-22)45(5,41)42/h6,9,12-16,20-22H,7-8,10-11,17-18H2,1-5H3,(H,34,35)/t20-,21-/m1/s1. The highest BCUT2D eigenvalue weighted by Gasteiger charge is 2.38. The molecule has 4 aromatic rings. The summed E-state index contributed by atoms with van der Waals surface area (Å²) >= 11 is 0. The maximum Gasteiger partial charge on any atom is 0.211 e. The number of pyridine rings is 3. The summed E-state index contributed by atoms with van der Waals surface area (Å²) in [7, 11) is -4.73. The van der Waals surface area contributed by atoms with E-state index < -0.39 is 19.9 Å². The zero-order chi connectivity index (χ0) is 32.1. The second-order valence-electron chi connectivity index (χ2n) is 12.1. The van der Waals surface area contributed by atoms with Gasteiger partial charge in [0.15, 0.2) is 5.82 Å². The topological polar surface area (TPSA) is 153 Å². The van der Waals surface area contributed by atoms with Gasteiger partial charge >= 0.3 is 0 Å². The molecule has 0 spiro atoms. The first-order chi connectivity index (χ1) is 21.3. The molecule has 15 heteroatoms. The molecular weight excluding hydrogens is 617 g/mol. The van der Waals surface area contributed by atoms with Gasteiger partial charge in [-0.15, -0.1) is 0 Å². The van der Waals surface area contributed by atoms with Crippen LogP contribution < -0.4 is 15.0 Å². The number of aryl methyl sites for hydroxylation is 1. The molecule has 2 atom stereocenters. The normalized spacial score (nSPS) is 19.9. The van der Waals surface area contributed by atoms with Gasteiger partial charge in [-0.05, 0) is 38.8 Å². The third kappa shape index (κ3) is 6.47. The number of rotatable bonds is 9. The number of piperidine rings is 1. The van der Waals surface area contributed by atoms with Crippen LogP contribution in [0.25, 0.3) is 28.0 Å². The van der Waals surface area contributed by atoms with Crippen molar-refractivity contribution in [1.29, 1.82) is 0 Å². The lowest BCUT2D eigenvalue weighted by atomic mass is 9.91. The van der Waals surface area contributed by atoms with Crippen LogP contribution in [-0.2, 0) is 19.9 Å². The summed E-state index contributed by atoms with van der Waals surface area (Å²) in [5.41, 5.74) is 3.96. The van der Waals surface area contributed by atoms with Gasteiger partial charge in [-0.3, -0.25) is 9.97 Å². The van der Waals surface area contributed by atoms with Crippen molar-refractivity contribution in [1.82, 2.24) is 29.0 Å². The molecule has 1 N–H and O–H groups in total. The summed E-state index contributed by atoms with van der Waals surface area (Å²) < 4.78 is 57.0. The molecule has 0 unspecified atom stereocenters. The van der Waals surface area contributed by atoms with Crippen molar-refractivity contribution in [2.45, 2.75) is 38.8 Å². The Hall–Kier alpha value is -3.82. The van der Waals surface area contributed by atoms with Crippen molar-refractivity contribution in [3.63, 3.8) is 0 Å². The molecular formula is C30H38N8O5S2. The molecule has 2 aliphatic heterocycles. The van der Waals surface area contributed by atoms with Crippen LogP contribution in [-0.4, -0.2) is 103 Å². The minimum absolute atomic E-state index is 0.0197. The Morgan fingerprint density at radius 1 is 1.04 bits per heavy atom. The lowest BCUT2D eigenvalue weighted by molar-refractivity contribution is 0.331. The van der Waals surface area contributed by atoms with E-state index in [0.717, 1.165) is 27.8 Å². The van der Waals surface area contributed by atoms with E-state index in [4.69, 9.17) is 19.8 Å². The van der Waals surface area contributed by atoms with Gasteiger partial charge in [0.1, 0.15) is 21.4 Å². The smallest absolute Gasteiger partial charge is 0.211 e. The maximum absolute atomic E-state index is 12.0. The van der Waals surface area contributed by atoms with E-state index in [1.54, 1.807) is 36.4 Å². The molecule has 240 valence electrons. The molecule has 0 radical (unpaired) electrons. The molecule has 2 saturated heterocycles. The van der Waals surface area contributed by atoms with Crippen molar-refractivity contribution in [3.05, 3.63) is 48.5 Å². The lowest BCUT2D eigenvalue weighted by Crippen LogP contribution is -2.57. The quantitative estimate of drug-likeness (QED) is 0.284. The van der Waals surface area contributed by atoms with E-state index in [1.807, 2.05) is 32.0 Å². The maximum atomic E-state index is 12.0. The number of fused-ring (bicyclic) bond motifs is 1. The number of anilines is 2. The molecule has 4 aromatic heterocycles. The SMILES string of the molecule is COc1ccncc1-c1cc2c(cnn2-c2cc(N3C[C@H](CS(C)(=O)=O)[C@H]3C)cc(NC3CCN(S(C)(=O)=O)CC3)n2)c(C)n1. The van der Waals surface area contributed by atoms with Crippen LogP contribution in [0.4, 0.5) is 11.5 Å². The summed E-state index contributed by atoms with van der Waals surface area (Å²) in [5.74, 6) is 2.06. The van der Waals surface area contributed by atoms with Crippen LogP contribution in [0.5, 0.6) is 5.75 Å². The summed E-state index contributed by atoms with van der Waals surface area (Å²) in [5, 5.41) is 9.14. The largest absolute Gasteiger partial charge is 0.496 e. The minimum atomic E-state index is -3.24. The number of nitrogens with one attached hydrogen (secondary N) is 1. The average Bonchev–Trinajstić information content (AvgIpc) is 3.43. The molecule has 0 bridgehead atoms. The number of nitrogens with zero attached hydrogens (tertiary/aromatic N) is 7. The monoisotopic (exact) mass is 654 g/mol. The van der Waals surface area contributed by atoms with Crippen LogP contribution in [0.1, 0.15) is 25.5 Å². The number of aromatic nitrogens is 5. The van der Waals surface area contributed by atoms with Gasteiger partial charge in [0, 0.05) is 85.2 Å². The fourth-order valence-electron chi connectivity index (χ4n) is 6.25. The molecule has 6 heterocycles. The molecule has 2 fully saturated rings. The first kappa shape index (κ1) is 31.2. The van der Waals surface area contributed by atoms with Crippen molar-refractivity contribution in [2.75, 3.05) is 55.2 Å². The van der Waals surface area contributed by atoms with Gasteiger partial charge in [-0.25, -0.2) is 30.8 Å². The van der Waals surface area contributed by atoms with Gasteiger partial charge in [0.2, 0.25) is 10.0 Å². The van der Waals surface area contributed by atoms with E-state index >= 15 is 0 Å². The Morgan fingerprint density at radius 2 is 1.80 bits per heavy atom. The molecule has 0 aliphatic carbocycles. The fourth-order valence-corrected chi connectivity index (χ4v) is 8.29. The second-order valence-corrected chi connectivity index (χ2v) is 16.2. The average molecular weight is 655 g/mol. The van der Waals surface area contributed by atoms with E-state index in [2.05, 4.69) is 15.2 Å². The third-order valence-electron chi connectivity index (χ3n) is 8.78. The van der Waals surface area contributed by atoms with Crippen LogP contribution >= 0.6 is 0 Å². The number of methoxy groups -OCH3 is 1. The first-order valence-corrected chi connectivity index (χ1v) is 18.7. The van der Waals surface area contributed by atoms with Crippen molar-refractivity contribution < 1.29 is 21.6 Å². The Balaban J connectivity index is 1.38. The number of hydrogen-bond donors (Lipinski definition) is 1. The number of sulfonamides is 1. The van der Waals surface area contributed by atoms with Gasteiger partial charge in [0.05, 0.1) is 42.1 Å². The molecule has 0 saturated carbocycles. The first-order valence-electron chi connectivity index (χ1n) is 14.8. The van der Waals surface area contributed by atoms with Crippen LogP contribution in [0, 0.1) is 12.8 Å². The van der Waals surface area contributed by atoms with Crippen molar-refractivity contribution >= 4 is 42.3 Å². The van der Waals surface area contributed by atoms with Gasteiger partial charge < -0.3 is 15.0 Å². The highest BCUT2D eigenvalue weighted by molar-refractivity contribution is 7.90. The van der Waals surface area contributed by atoms with E-state index in [9.17, 15) is 16.8 Å². The highest BCUT2D eigenvalue weighted by atomic mass is 32.2. The van der Waals surface area contributed by atoms with Crippen LogP contribution in [0.3, 0.4) is 0 Å². The third-order valence-corrected chi connectivity index (χ3v) is 11.1. The summed E-state index contributed by atoms with van der Waals surface area (Å²) in [4.78, 5) is 16.2. The van der Waals surface area contributed by atoms with Gasteiger partial charge in [-0.2, -0.15) is 5.10 Å². The molecule has 0 amide bonds.